The van der Waals surface area contributed by atoms with Gasteiger partial charge < -0.3 is 4.42 Å². The summed E-state index contributed by atoms with van der Waals surface area (Å²) in [5, 5.41) is 2.21. The van der Waals surface area contributed by atoms with Crippen LogP contribution in [0.25, 0.3) is 44.3 Å². The molecule has 0 spiro atoms. The zero-order chi connectivity index (χ0) is 23.9. The lowest BCUT2D eigenvalue weighted by molar-refractivity contribution is -0.660. The van der Waals surface area contributed by atoms with Gasteiger partial charge in [-0.3, -0.25) is 4.98 Å². The molecule has 0 atom stereocenters. The highest BCUT2D eigenvalue weighted by Crippen LogP contribution is 2.51. The summed E-state index contributed by atoms with van der Waals surface area (Å²) in [4.78, 5) is 5.00. The summed E-state index contributed by atoms with van der Waals surface area (Å²) in [6.07, 6.45) is 4.29. The van der Waals surface area contributed by atoms with Crippen LogP contribution in [0.1, 0.15) is 61.6 Å². The van der Waals surface area contributed by atoms with Gasteiger partial charge in [0.1, 0.15) is 18.2 Å². The van der Waals surface area contributed by atoms with Crippen LogP contribution in [-0.4, -0.2) is 4.98 Å². The van der Waals surface area contributed by atoms with Crippen molar-refractivity contribution in [2.24, 2.45) is 7.05 Å². The fourth-order valence-corrected chi connectivity index (χ4v) is 5.93. The molecule has 6 rings (SSSR count). The summed E-state index contributed by atoms with van der Waals surface area (Å²) in [6.45, 7) is 13.4. The van der Waals surface area contributed by atoms with Gasteiger partial charge in [-0.05, 0) is 42.0 Å². The van der Waals surface area contributed by atoms with Gasteiger partial charge >= 0.3 is 0 Å². The smallest absolute Gasteiger partial charge is 0.216 e. The number of nitrogens with zero attached hydrogens (tertiary/aromatic N) is 2. The predicted octanol–water partition coefficient (Wildman–Crippen LogP) is 7.52. The molecule has 1 aliphatic carbocycles. The quantitative estimate of drug-likeness (QED) is 0.262. The molecule has 3 nitrogen and oxygen atoms in total. The standard InChI is InChI=1S/C31H31N2O/c1-17(2)23-16-33(7)25(14-19(23)4)26-18(3)12-13-20-22-15-32-30-27(29(22)34-28(20)26)21-10-8-9-11-24(21)31(30,5)6/h8-17H,1-7H3/q+1. The van der Waals surface area contributed by atoms with E-state index >= 15 is 0 Å². The normalized spacial score (nSPS) is 14.2. The van der Waals surface area contributed by atoms with E-state index in [1.165, 1.54) is 33.5 Å². The molecule has 0 N–H and O–H groups in total. The van der Waals surface area contributed by atoms with Crippen LogP contribution >= 0.6 is 0 Å². The molecule has 0 radical (unpaired) electrons. The Bertz CT molecular complexity index is 1640. The van der Waals surface area contributed by atoms with Crippen molar-refractivity contribution in [3.63, 3.8) is 0 Å². The molecule has 3 heterocycles. The molecule has 0 amide bonds. The second-order valence-electron chi connectivity index (χ2n) is 10.7. The van der Waals surface area contributed by atoms with Gasteiger partial charge in [0.05, 0.1) is 11.3 Å². The summed E-state index contributed by atoms with van der Waals surface area (Å²) < 4.78 is 9.08. The van der Waals surface area contributed by atoms with Crippen LogP contribution in [-0.2, 0) is 12.5 Å². The van der Waals surface area contributed by atoms with E-state index in [9.17, 15) is 0 Å². The van der Waals surface area contributed by atoms with Crippen molar-refractivity contribution < 1.29 is 8.98 Å². The fourth-order valence-electron chi connectivity index (χ4n) is 5.93. The third-order valence-corrected chi connectivity index (χ3v) is 7.75. The van der Waals surface area contributed by atoms with Crippen LogP contribution in [0.5, 0.6) is 0 Å². The molecule has 3 heteroatoms. The van der Waals surface area contributed by atoms with E-state index in [4.69, 9.17) is 9.40 Å². The highest BCUT2D eigenvalue weighted by atomic mass is 16.3. The van der Waals surface area contributed by atoms with Gasteiger partial charge in [0.15, 0.2) is 6.20 Å². The van der Waals surface area contributed by atoms with Crippen LogP contribution in [0.2, 0.25) is 0 Å². The number of benzene rings is 2. The summed E-state index contributed by atoms with van der Waals surface area (Å²) in [6, 6.07) is 15.4. The maximum Gasteiger partial charge on any atom is 0.216 e. The second-order valence-corrected chi connectivity index (χ2v) is 10.7. The van der Waals surface area contributed by atoms with Gasteiger partial charge in [0.25, 0.3) is 0 Å². The first-order valence-electron chi connectivity index (χ1n) is 12.2. The van der Waals surface area contributed by atoms with Gasteiger partial charge in [-0.25, -0.2) is 4.57 Å². The van der Waals surface area contributed by atoms with Crippen molar-refractivity contribution in [2.45, 2.75) is 52.9 Å². The Morgan fingerprint density at radius 2 is 1.65 bits per heavy atom. The van der Waals surface area contributed by atoms with E-state index in [2.05, 4.69) is 102 Å². The lowest BCUT2D eigenvalue weighted by Gasteiger charge is -2.19. The van der Waals surface area contributed by atoms with Gasteiger partial charge in [-0.15, -0.1) is 0 Å². The van der Waals surface area contributed by atoms with E-state index in [1.807, 2.05) is 6.20 Å². The summed E-state index contributed by atoms with van der Waals surface area (Å²) in [5.74, 6) is 0.487. The SMILES string of the molecule is Cc1cc(-c2c(C)ccc3c2oc2c4c(ncc23)C(C)(C)c2ccccc2-4)[n+](C)cc1C(C)C. The highest BCUT2D eigenvalue weighted by molar-refractivity contribution is 6.14. The zero-order valence-corrected chi connectivity index (χ0v) is 21.1. The molecular formula is C31H31N2O+. The molecule has 170 valence electrons. The molecule has 0 saturated heterocycles. The first-order chi connectivity index (χ1) is 16.2. The largest absolute Gasteiger partial charge is 0.454 e. The Kier molecular flexibility index (Phi) is 4.36. The van der Waals surface area contributed by atoms with Crippen LogP contribution in [0, 0.1) is 13.8 Å². The van der Waals surface area contributed by atoms with Gasteiger partial charge in [0, 0.05) is 39.6 Å². The lowest BCUT2D eigenvalue weighted by Crippen LogP contribution is -2.32. The van der Waals surface area contributed by atoms with E-state index < -0.39 is 0 Å². The summed E-state index contributed by atoms with van der Waals surface area (Å²) in [7, 11) is 2.14. The van der Waals surface area contributed by atoms with Crippen molar-refractivity contribution >= 4 is 21.9 Å². The number of hydrogen-bond acceptors (Lipinski definition) is 2. The molecule has 3 aromatic heterocycles. The number of pyridine rings is 2. The number of rotatable bonds is 2. The molecule has 34 heavy (non-hydrogen) atoms. The Morgan fingerprint density at radius 3 is 2.41 bits per heavy atom. The average Bonchev–Trinajstić information content (AvgIpc) is 3.28. The maximum absolute atomic E-state index is 6.83. The van der Waals surface area contributed by atoms with Crippen LogP contribution < -0.4 is 4.57 Å². The van der Waals surface area contributed by atoms with Crippen LogP contribution in [0.4, 0.5) is 0 Å². The molecule has 2 aromatic carbocycles. The monoisotopic (exact) mass is 447 g/mol. The number of hydrogen-bond donors (Lipinski definition) is 0. The second kappa shape index (κ2) is 7.02. The third kappa shape index (κ3) is 2.70. The first kappa shape index (κ1) is 21.1. The number of aromatic nitrogens is 2. The maximum atomic E-state index is 6.83. The van der Waals surface area contributed by atoms with Gasteiger partial charge in [0.2, 0.25) is 5.69 Å². The average molecular weight is 448 g/mol. The highest BCUT2D eigenvalue weighted by Gasteiger charge is 2.39. The molecule has 0 fully saturated rings. The van der Waals surface area contributed by atoms with E-state index in [1.54, 1.807) is 0 Å². The first-order valence-corrected chi connectivity index (χ1v) is 12.2. The minimum absolute atomic E-state index is 0.145. The molecule has 0 aliphatic heterocycles. The topological polar surface area (TPSA) is 29.9 Å². The van der Waals surface area contributed by atoms with Gasteiger partial charge in [-0.2, -0.15) is 0 Å². The zero-order valence-electron chi connectivity index (χ0n) is 21.1. The van der Waals surface area contributed by atoms with E-state index in [0.717, 1.165) is 38.8 Å². The Morgan fingerprint density at radius 1 is 0.912 bits per heavy atom. The molecule has 0 unspecified atom stereocenters. The lowest BCUT2D eigenvalue weighted by atomic mass is 9.85. The Labute approximate surface area is 201 Å². The van der Waals surface area contributed by atoms with Crippen LogP contribution in [0.15, 0.2) is 59.3 Å². The number of fused-ring (bicyclic) bond motifs is 7. The molecule has 1 aliphatic rings. The third-order valence-electron chi connectivity index (χ3n) is 7.75. The van der Waals surface area contributed by atoms with Crippen LogP contribution in [0.3, 0.4) is 0 Å². The summed E-state index contributed by atoms with van der Waals surface area (Å²) >= 11 is 0. The van der Waals surface area contributed by atoms with Gasteiger partial charge in [-0.1, -0.05) is 64.1 Å². The Balaban J connectivity index is 1.70. The molecule has 5 aromatic rings. The minimum atomic E-state index is -0.145. The van der Waals surface area contributed by atoms with E-state index in [-0.39, 0.29) is 5.41 Å². The number of furan rings is 1. The van der Waals surface area contributed by atoms with Crippen molar-refractivity contribution in [2.75, 3.05) is 0 Å². The summed E-state index contributed by atoms with van der Waals surface area (Å²) in [5.41, 5.74) is 12.8. The van der Waals surface area contributed by atoms with Crippen molar-refractivity contribution in [3.8, 4) is 22.4 Å². The van der Waals surface area contributed by atoms with Crippen molar-refractivity contribution in [3.05, 3.63) is 82.8 Å². The Hall–Kier alpha value is -3.46. The number of aryl methyl sites for hydroxylation is 3. The molecular weight excluding hydrogens is 416 g/mol. The van der Waals surface area contributed by atoms with Crippen molar-refractivity contribution in [1.82, 2.24) is 4.98 Å². The van der Waals surface area contributed by atoms with Crippen molar-refractivity contribution in [1.29, 1.82) is 0 Å². The van der Waals surface area contributed by atoms with E-state index in [0.29, 0.717) is 5.92 Å². The minimum Gasteiger partial charge on any atom is -0.454 e. The molecule has 0 bridgehead atoms. The fraction of sp³-hybridized carbons (Fsp3) is 0.290. The predicted molar refractivity (Wildman–Crippen MR) is 139 cm³/mol. The molecule has 0 saturated carbocycles.